The van der Waals surface area contributed by atoms with E-state index in [0.717, 1.165) is 34.2 Å². The lowest BCUT2D eigenvalue weighted by molar-refractivity contribution is 0.410. The molecule has 0 radical (unpaired) electrons. The average Bonchev–Trinajstić information content (AvgIpc) is 2.47. The van der Waals surface area contributed by atoms with Crippen LogP contribution < -0.4 is 4.74 Å². The second kappa shape index (κ2) is 7.23. The molecule has 1 heterocycles. The highest BCUT2D eigenvalue weighted by Crippen LogP contribution is 2.29. The molecule has 2 rings (SSSR count). The largest absolute Gasteiger partial charge is 0.444 e. The van der Waals surface area contributed by atoms with Crippen LogP contribution in [0.4, 0.5) is 4.39 Å². The van der Waals surface area contributed by atoms with Crippen LogP contribution in [0.3, 0.4) is 0 Å². The predicted octanol–water partition coefficient (Wildman–Crippen LogP) is 5.59. The molecule has 0 saturated carbocycles. The second-order valence-electron chi connectivity index (χ2n) is 5.64. The smallest absolute Gasteiger partial charge is 0.221 e. The van der Waals surface area contributed by atoms with Crippen LogP contribution >= 0.6 is 0 Å². The summed E-state index contributed by atoms with van der Waals surface area (Å²) in [6, 6.07) is 6.90. The van der Waals surface area contributed by atoms with Gasteiger partial charge in [-0.2, -0.15) is 0 Å². The van der Waals surface area contributed by atoms with Crippen LogP contribution in [0, 0.1) is 19.7 Å². The fourth-order valence-corrected chi connectivity index (χ4v) is 2.50. The minimum atomic E-state index is -0.221. The third-order valence-corrected chi connectivity index (χ3v) is 3.50. The number of nitrogens with zero attached hydrogens (tertiary/aromatic N) is 1. The molecule has 1 aromatic carbocycles. The quantitative estimate of drug-likeness (QED) is 0.671. The zero-order chi connectivity index (χ0) is 17.0. The topological polar surface area (TPSA) is 22.1 Å². The van der Waals surface area contributed by atoms with E-state index >= 15 is 0 Å². The standard InChI is InChI=1S/C20H22FNO/c1-6-7-19(18-9-8-17(21)11-14(18)4)16-10-15(5)20(22-12-16)23-13(2)3/h7-12H,2,6H2,1,3-5H3/b19-7-. The number of hydrogen-bond acceptors (Lipinski definition) is 2. The van der Waals surface area contributed by atoms with Crippen molar-refractivity contribution >= 4 is 5.57 Å². The van der Waals surface area contributed by atoms with E-state index in [1.165, 1.54) is 6.07 Å². The zero-order valence-corrected chi connectivity index (χ0v) is 14.1. The summed E-state index contributed by atoms with van der Waals surface area (Å²) in [5.74, 6) is 0.946. The third kappa shape index (κ3) is 4.07. The van der Waals surface area contributed by atoms with Gasteiger partial charge in [0.25, 0.3) is 0 Å². The van der Waals surface area contributed by atoms with Crippen molar-refractivity contribution in [2.75, 3.05) is 0 Å². The molecule has 0 aliphatic heterocycles. The van der Waals surface area contributed by atoms with E-state index in [1.807, 2.05) is 26.0 Å². The van der Waals surface area contributed by atoms with Crippen molar-refractivity contribution in [1.82, 2.24) is 4.98 Å². The Morgan fingerprint density at radius 2 is 2.00 bits per heavy atom. The van der Waals surface area contributed by atoms with Crippen molar-refractivity contribution < 1.29 is 9.13 Å². The first-order chi connectivity index (χ1) is 10.9. The van der Waals surface area contributed by atoms with Crippen molar-refractivity contribution in [3.05, 3.63) is 76.9 Å². The maximum Gasteiger partial charge on any atom is 0.221 e. The Morgan fingerprint density at radius 1 is 1.26 bits per heavy atom. The van der Waals surface area contributed by atoms with Crippen LogP contribution in [0.1, 0.15) is 42.5 Å². The van der Waals surface area contributed by atoms with E-state index in [-0.39, 0.29) is 5.82 Å². The molecule has 0 aliphatic rings. The second-order valence-corrected chi connectivity index (χ2v) is 5.64. The molecule has 2 nitrogen and oxygen atoms in total. The Balaban J connectivity index is 2.48. The van der Waals surface area contributed by atoms with E-state index in [1.54, 1.807) is 19.2 Å². The monoisotopic (exact) mass is 311 g/mol. The molecular weight excluding hydrogens is 289 g/mol. The van der Waals surface area contributed by atoms with Gasteiger partial charge in [-0.05, 0) is 62.1 Å². The molecule has 0 N–H and O–H groups in total. The summed E-state index contributed by atoms with van der Waals surface area (Å²) in [5, 5.41) is 0. The lowest BCUT2D eigenvalue weighted by Crippen LogP contribution is -1.98. The molecule has 0 saturated heterocycles. The molecule has 0 amide bonds. The van der Waals surface area contributed by atoms with Crippen molar-refractivity contribution in [2.24, 2.45) is 0 Å². The summed E-state index contributed by atoms with van der Waals surface area (Å²) in [6.07, 6.45) is 4.81. The van der Waals surface area contributed by atoms with E-state index in [0.29, 0.717) is 11.6 Å². The summed E-state index contributed by atoms with van der Waals surface area (Å²) >= 11 is 0. The van der Waals surface area contributed by atoms with Gasteiger partial charge in [0, 0.05) is 17.3 Å². The van der Waals surface area contributed by atoms with Crippen LogP contribution in [-0.2, 0) is 0 Å². The van der Waals surface area contributed by atoms with Gasteiger partial charge in [-0.3, -0.25) is 0 Å². The number of allylic oxidation sites excluding steroid dienone is 2. The number of halogens is 1. The molecular formula is C20H22FNO. The van der Waals surface area contributed by atoms with Gasteiger partial charge in [-0.15, -0.1) is 0 Å². The van der Waals surface area contributed by atoms with Crippen LogP contribution in [0.2, 0.25) is 0 Å². The van der Waals surface area contributed by atoms with Gasteiger partial charge in [-0.25, -0.2) is 9.37 Å². The molecule has 0 atom stereocenters. The highest BCUT2D eigenvalue weighted by molar-refractivity contribution is 5.81. The molecule has 3 heteroatoms. The van der Waals surface area contributed by atoms with Gasteiger partial charge in [0.15, 0.2) is 0 Å². The summed E-state index contributed by atoms with van der Waals surface area (Å²) in [4.78, 5) is 4.40. The van der Waals surface area contributed by atoms with E-state index in [2.05, 4.69) is 24.6 Å². The molecule has 1 aromatic heterocycles. The van der Waals surface area contributed by atoms with E-state index in [9.17, 15) is 4.39 Å². The third-order valence-electron chi connectivity index (χ3n) is 3.50. The Hall–Kier alpha value is -2.42. The zero-order valence-electron chi connectivity index (χ0n) is 14.1. The lowest BCUT2D eigenvalue weighted by atomic mass is 9.94. The summed E-state index contributed by atoms with van der Waals surface area (Å²) < 4.78 is 18.9. The number of aromatic nitrogens is 1. The molecule has 23 heavy (non-hydrogen) atoms. The Bertz CT molecular complexity index is 762. The van der Waals surface area contributed by atoms with Crippen molar-refractivity contribution in [3.8, 4) is 5.88 Å². The highest BCUT2D eigenvalue weighted by atomic mass is 19.1. The maximum atomic E-state index is 13.4. The number of aryl methyl sites for hydroxylation is 2. The molecule has 0 unspecified atom stereocenters. The average molecular weight is 311 g/mol. The van der Waals surface area contributed by atoms with Gasteiger partial charge < -0.3 is 4.74 Å². The number of benzene rings is 1. The molecule has 2 aromatic rings. The summed E-state index contributed by atoms with van der Waals surface area (Å²) in [7, 11) is 0. The summed E-state index contributed by atoms with van der Waals surface area (Å²) in [6.45, 7) is 11.5. The number of ether oxygens (including phenoxy) is 1. The Morgan fingerprint density at radius 3 is 2.57 bits per heavy atom. The van der Waals surface area contributed by atoms with Crippen LogP contribution in [0.15, 0.2) is 48.9 Å². The maximum absolute atomic E-state index is 13.4. The molecule has 0 spiro atoms. The van der Waals surface area contributed by atoms with Crippen LogP contribution in [0.5, 0.6) is 5.88 Å². The fourth-order valence-electron chi connectivity index (χ4n) is 2.50. The van der Waals surface area contributed by atoms with Gasteiger partial charge in [0.2, 0.25) is 5.88 Å². The number of pyridine rings is 1. The fraction of sp³-hybridized carbons (Fsp3) is 0.250. The molecule has 120 valence electrons. The first-order valence-electron chi connectivity index (χ1n) is 7.69. The van der Waals surface area contributed by atoms with Crippen molar-refractivity contribution in [2.45, 2.75) is 34.1 Å². The Kier molecular flexibility index (Phi) is 5.32. The first-order valence-corrected chi connectivity index (χ1v) is 7.69. The highest BCUT2D eigenvalue weighted by Gasteiger charge is 2.11. The van der Waals surface area contributed by atoms with Gasteiger partial charge in [0.05, 0.1) is 5.76 Å². The van der Waals surface area contributed by atoms with Crippen molar-refractivity contribution in [1.29, 1.82) is 0 Å². The number of rotatable bonds is 5. The molecule has 0 fully saturated rings. The minimum Gasteiger partial charge on any atom is -0.444 e. The van der Waals surface area contributed by atoms with E-state index in [4.69, 9.17) is 4.74 Å². The minimum absolute atomic E-state index is 0.221. The number of hydrogen-bond donors (Lipinski definition) is 0. The molecule has 0 bridgehead atoms. The van der Waals surface area contributed by atoms with Gasteiger partial charge in [0.1, 0.15) is 5.82 Å². The van der Waals surface area contributed by atoms with E-state index < -0.39 is 0 Å². The molecule has 0 aliphatic carbocycles. The van der Waals surface area contributed by atoms with Crippen molar-refractivity contribution in [3.63, 3.8) is 0 Å². The van der Waals surface area contributed by atoms with Gasteiger partial charge in [-0.1, -0.05) is 25.6 Å². The predicted molar refractivity (Wildman–Crippen MR) is 92.9 cm³/mol. The lowest BCUT2D eigenvalue weighted by Gasteiger charge is -2.14. The normalized spacial score (nSPS) is 11.4. The van der Waals surface area contributed by atoms with Crippen LogP contribution in [0.25, 0.3) is 5.57 Å². The SMILES string of the molecule is C=C(C)Oc1ncc(/C(=C/CC)c2ccc(F)cc2C)cc1C. The summed E-state index contributed by atoms with van der Waals surface area (Å²) in [5.41, 5.74) is 4.91. The van der Waals surface area contributed by atoms with Crippen LogP contribution in [-0.4, -0.2) is 4.98 Å². The van der Waals surface area contributed by atoms with Gasteiger partial charge >= 0.3 is 0 Å². The Labute approximate surface area is 137 Å². The first kappa shape index (κ1) is 16.9.